The van der Waals surface area contributed by atoms with Crippen molar-refractivity contribution in [3.05, 3.63) is 29.8 Å². The van der Waals surface area contributed by atoms with Gasteiger partial charge in [0.2, 0.25) is 0 Å². The highest BCUT2D eigenvalue weighted by atomic mass is 16.5. The third kappa shape index (κ3) is 4.89. The molecule has 1 saturated heterocycles. The maximum atomic E-state index is 9.84. The minimum atomic E-state index is -0.562. The molecule has 3 N–H and O–H groups in total. The number of aliphatic hydroxyl groups excluding tert-OH is 1. The highest BCUT2D eigenvalue weighted by Crippen LogP contribution is 2.29. The summed E-state index contributed by atoms with van der Waals surface area (Å²) in [5, 5.41) is 15.9. The van der Waals surface area contributed by atoms with Crippen LogP contribution in [0.2, 0.25) is 0 Å². The van der Waals surface area contributed by atoms with Gasteiger partial charge in [0.25, 0.3) is 0 Å². The molecule has 1 aromatic heterocycles. The standard InChI is InChI=1S/C20H29N5O3/c1-14-18(22-3)23-19(24-20(14)25-7-9-27-10-8-25)15-5-4-6-17(11-15)28-13-16(26)12-21-2/h4-6,11,16,21,26H,7-10,12-13H2,1-3H3,(H,22,23,24). The Kier molecular flexibility index (Phi) is 7.02. The average molecular weight is 387 g/mol. The van der Waals surface area contributed by atoms with Gasteiger partial charge in [0.05, 0.1) is 13.2 Å². The highest BCUT2D eigenvalue weighted by Gasteiger charge is 2.19. The molecule has 3 rings (SSSR count). The first-order valence-electron chi connectivity index (χ1n) is 9.57. The van der Waals surface area contributed by atoms with Crippen LogP contribution in [0.3, 0.4) is 0 Å². The van der Waals surface area contributed by atoms with Crippen molar-refractivity contribution in [2.24, 2.45) is 0 Å². The third-order valence-electron chi connectivity index (χ3n) is 4.64. The fraction of sp³-hybridized carbons (Fsp3) is 0.500. The average Bonchev–Trinajstić information content (AvgIpc) is 2.73. The molecule has 152 valence electrons. The van der Waals surface area contributed by atoms with E-state index in [9.17, 15) is 5.11 Å². The van der Waals surface area contributed by atoms with E-state index in [1.165, 1.54) is 0 Å². The Morgan fingerprint density at radius 1 is 1.25 bits per heavy atom. The summed E-state index contributed by atoms with van der Waals surface area (Å²) in [5.41, 5.74) is 1.89. The van der Waals surface area contributed by atoms with Gasteiger partial charge in [-0.3, -0.25) is 0 Å². The first-order valence-corrected chi connectivity index (χ1v) is 9.57. The number of nitrogens with one attached hydrogen (secondary N) is 2. The van der Waals surface area contributed by atoms with E-state index in [-0.39, 0.29) is 6.61 Å². The molecule has 0 spiro atoms. The Hall–Kier alpha value is -2.42. The number of benzene rings is 1. The monoisotopic (exact) mass is 387 g/mol. The van der Waals surface area contributed by atoms with Gasteiger partial charge in [-0.25, -0.2) is 9.97 Å². The van der Waals surface area contributed by atoms with Crippen LogP contribution in [0.25, 0.3) is 11.4 Å². The van der Waals surface area contributed by atoms with Crippen LogP contribution in [0, 0.1) is 6.92 Å². The quantitative estimate of drug-likeness (QED) is 0.624. The Labute approximate surface area is 165 Å². The second kappa shape index (κ2) is 9.68. The van der Waals surface area contributed by atoms with Crippen molar-refractivity contribution >= 4 is 11.6 Å². The largest absolute Gasteiger partial charge is 0.491 e. The van der Waals surface area contributed by atoms with Crippen LogP contribution in [0.4, 0.5) is 11.6 Å². The molecule has 8 nitrogen and oxygen atoms in total. The van der Waals surface area contributed by atoms with Crippen molar-refractivity contribution in [3.63, 3.8) is 0 Å². The number of nitrogens with zero attached hydrogens (tertiary/aromatic N) is 3. The van der Waals surface area contributed by atoms with E-state index in [4.69, 9.17) is 14.5 Å². The summed E-state index contributed by atoms with van der Waals surface area (Å²) in [6.45, 7) is 5.76. The van der Waals surface area contributed by atoms with Gasteiger partial charge >= 0.3 is 0 Å². The topological polar surface area (TPSA) is 91.8 Å². The van der Waals surface area contributed by atoms with Crippen LogP contribution in [0.1, 0.15) is 5.56 Å². The number of aromatic nitrogens is 2. The Balaban J connectivity index is 1.87. The molecule has 0 bridgehead atoms. The SMILES string of the molecule is CNCC(O)COc1cccc(-c2nc(NC)c(C)c(N3CCOCC3)n2)c1. The van der Waals surface area contributed by atoms with Crippen LogP contribution in [-0.2, 0) is 4.74 Å². The van der Waals surface area contributed by atoms with Crippen LogP contribution in [-0.4, -0.2) is 74.7 Å². The smallest absolute Gasteiger partial charge is 0.164 e. The van der Waals surface area contributed by atoms with E-state index < -0.39 is 6.10 Å². The Morgan fingerprint density at radius 3 is 2.75 bits per heavy atom. The van der Waals surface area contributed by atoms with E-state index in [0.717, 1.165) is 35.9 Å². The van der Waals surface area contributed by atoms with Gasteiger partial charge in [0.15, 0.2) is 5.82 Å². The summed E-state index contributed by atoms with van der Waals surface area (Å²) < 4.78 is 11.2. The van der Waals surface area contributed by atoms with Crippen molar-refractivity contribution in [2.75, 3.05) is 63.8 Å². The zero-order valence-corrected chi connectivity index (χ0v) is 16.7. The number of rotatable bonds is 8. The van der Waals surface area contributed by atoms with Crippen molar-refractivity contribution < 1.29 is 14.6 Å². The third-order valence-corrected chi connectivity index (χ3v) is 4.64. The number of likely N-dealkylation sites (N-methyl/N-ethyl adjacent to an activating group) is 1. The molecule has 1 atom stereocenters. The number of anilines is 2. The van der Waals surface area contributed by atoms with Gasteiger partial charge < -0.3 is 30.1 Å². The molecule has 1 aliphatic heterocycles. The summed E-state index contributed by atoms with van der Waals surface area (Å²) in [6.07, 6.45) is -0.562. The highest BCUT2D eigenvalue weighted by molar-refractivity contribution is 5.67. The molecule has 0 radical (unpaired) electrons. The van der Waals surface area contributed by atoms with Gasteiger partial charge in [-0.15, -0.1) is 0 Å². The molecule has 1 fully saturated rings. The molecule has 8 heteroatoms. The van der Waals surface area contributed by atoms with Crippen LogP contribution in [0.5, 0.6) is 5.75 Å². The number of aliphatic hydroxyl groups is 1. The fourth-order valence-corrected chi connectivity index (χ4v) is 3.17. The summed E-state index contributed by atoms with van der Waals surface area (Å²) in [6, 6.07) is 7.64. The Morgan fingerprint density at radius 2 is 2.04 bits per heavy atom. The van der Waals surface area contributed by atoms with Crippen molar-refractivity contribution in [1.29, 1.82) is 0 Å². The molecule has 2 heterocycles. The lowest BCUT2D eigenvalue weighted by Crippen LogP contribution is -2.37. The predicted molar refractivity (Wildman–Crippen MR) is 110 cm³/mol. The lowest BCUT2D eigenvalue weighted by atomic mass is 10.2. The van der Waals surface area contributed by atoms with Crippen molar-refractivity contribution in [3.8, 4) is 17.1 Å². The minimum Gasteiger partial charge on any atom is -0.491 e. The summed E-state index contributed by atoms with van der Waals surface area (Å²) in [7, 11) is 3.66. The minimum absolute atomic E-state index is 0.222. The molecule has 0 saturated carbocycles. The predicted octanol–water partition coefficient (Wildman–Crippen LogP) is 1.29. The van der Waals surface area contributed by atoms with E-state index in [2.05, 4.69) is 20.5 Å². The summed E-state index contributed by atoms with van der Waals surface area (Å²) in [4.78, 5) is 11.8. The van der Waals surface area contributed by atoms with E-state index in [1.807, 2.05) is 38.2 Å². The summed E-state index contributed by atoms with van der Waals surface area (Å²) in [5.74, 6) is 3.05. The Bertz CT molecular complexity index is 780. The molecule has 1 unspecified atom stereocenters. The molecule has 1 aliphatic rings. The second-order valence-electron chi connectivity index (χ2n) is 6.74. The number of morpholine rings is 1. The fourth-order valence-electron chi connectivity index (χ4n) is 3.17. The maximum Gasteiger partial charge on any atom is 0.164 e. The van der Waals surface area contributed by atoms with Gasteiger partial charge in [-0.05, 0) is 26.1 Å². The van der Waals surface area contributed by atoms with Gasteiger partial charge in [-0.2, -0.15) is 0 Å². The van der Waals surface area contributed by atoms with Crippen LogP contribution in [0.15, 0.2) is 24.3 Å². The molecular weight excluding hydrogens is 358 g/mol. The molecule has 0 amide bonds. The van der Waals surface area contributed by atoms with Gasteiger partial charge in [0.1, 0.15) is 30.1 Å². The van der Waals surface area contributed by atoms with Crippen LogP contribution >= 0.6 is 0 Å². The first-order chi connectivity index (χ1) is 13.6. The lowest BCUT2D eigenvalue weighted by Gasteiger charge is -2.29. The van der Waals surface area contributed by atoms with Crippen molar-refractivity contribution in [1.82, 2.24) is 15.3 Å². The molecule has 28 heavy (non-hydrogen) atoms. The van der Waals surface area contributed by atoms with Crippen LogP contribution < -0.4 is 20.3 Å². The molecule has 0 aliphatic carbocycles. The van der Waals surface area contributed by atoms with E-state index in [1.54, 1.807) is 7.05 Å². The van der Waals surface area contributed by atoms with E-state index in [0.29, 0.717) is 31.3 Å². The zero-order chi connectivity index (χ0) is 19.9. The summed E-state index contributed by atoms with van der Waals surface area (Å²) >= 11 is 0. The lowest BCUT2D eigenvalue weighted by molar-refractivity contribution is 0.108. The number of hydrogen-bond donors (Lipinski definition) is 3. The van der Waals surface area contributed by atoms with Gasteiger partial charge in [-0.1, -0.05) is 12.1 Å². The molecule has 1 aromatic carbocycles. The molecular formula is C20H29N5O3. The van der Waals surface area contributed by atoms with Crippen molar-refractivity contribution in [2.45, 2.75) is 13.0 Å². The first kappa shape index (κ1) is 20.3. The number of ether oxygens (including phenoxy) is 2. The maximum absolute atomic E-state index is 9.84. The zero-order valence-electron chi connectivity index (χ0n) is 16.7. The molecule has 2 aromatic rings. The van der Waals surface area contributed by atoms with E-state index >= 15 is 0 Å². The van der Waals surface area contributed by atoms with Gasteiger partial charge in [0, 0.05) is 37.8 Å². The number of hydrogen-bond acceptors (Lipinski definition) is 8. The normalized spacial score (nSPS) is 15.4. The second-order valence-corrected chi connectivity index (χ2v) is 6.74.